The first-order chi connectivity index (χ1) is 10.5. The van der Waals surface area contributed by atoms with E-state index in [4.69, 9.17) is 20.6 Å². The molecule has 2 aromatic rings. The lowest BCUT2D eigenvalue weighted by Gasteiger charge is -2.17. The van der Waals surface area contributed by atoms with E-state index < -0.39 is 6.10 Å². The average Bonchev–Trinajstić information content (AvgIpc) is 2.90. The molecule has 3 N–H and O–H groups in total. The van der Waals surface area contributed by atoms with Gasteiger partial charge < -0.3 is 15.2 Å². The van der Waals surface area contributed by atoms with E-state index in [0.717, 1.165) is 21.4 Å². The summed E-state index contributed by atoms with van der Waals surface area (Å²) in [4.78, 5) is 12.6. The minimum Gasteiger partial charge on any atom is -0.479 e. The van der Waals surface area contributed by atoms with E-state index in [1.54, 1.807) is 6.92 Å². The second-order valence-electron chi connectivity index (χ2n) is 4.87. The third kappa shape index (κ3) is 3.76. The van der Waals surface area contributed by atoms with Crippen molar-refractivity contribution in [2.75, 3.05) is 6.61 Å². The highest BCUT2D eigenvalue weighted by Gasteiger charge is 2.21. The fourth-order valence-electron chi connectivity index (χ4n) is 2.10. The Hall–Kier alpha value is -2.08. The van der Waals surface area contributed by atoms with Gasteiger partial charge in [0.15, 0.2) is 6.10 Å². The Morgan fingerprint density at radius 1 is 1.36 bits per heavy atom. The highest BCUT2D eigenvalue weighted by molar-refractivity contribution is 7.20. The lowest BCUT2D eigenvalue weighted by molar-refractivity contribution is -0.151. The molecule has 2 rings (SSSR count). The number of nitrogens with two attached hydrogens (primary N) is 1. The number of thiophene rings is 1. The molecule has 1 atom stereocenters. The number of esters is 1. The van der Waals surface area contributed by atoms with Crippen LogP contribution in [0.25, 0.3) is 10.1 Å². The standard InChI is InChI=1S/C16H20N2O3S/c1-3-5-12(16(19)20-4-2)21-11-7-6-10-8-14(15(17)18)22-13(10)9-11/h6-9,12H,3-5H2,1-2H3,(H3,17,18). The van der Waals surface area contributed by atoms with Crippen molar-refractivity contribution in [2.45, 2.75) is 32.8 Å². The number of hydrogen-bond acceptors (Lipinski definition) is 5. The fraction of sp³-hybridized carbons (Fsp3) is 0.375. The maximum absolute atomic E-state index is 11.9. The minimum absolute atomic E-state index is 0.0547. The van der Waals surface area contributed by atoms with Crippen molar-refractivity contribution in [3.8, 4) is 5.75 Å². The molecule has 0 amide bonds. The molecular weight excluding hydrogens is 300 g/mol. The molecule has 0 bridgehead atoms. The summed E-state index contributed by atoms with van der Waals surface area (Å²) in [5.41, 5.74) is 5.51. The summed E-state index contributed by atoms with van der Waals surface area (Å²) in [5, 5.41) is 8.49. The van der Waals surface area contributed by atoms with E-state index in [2.05, 4.69) is 0 Å². The Bertz CT molecular complexity index is 681. The van der Waals surface area contributed by atoms with Crippen LogP contribution in [-0.2, 0) is 9.53 Å². The van der Waals surface area contributed by atoms with Crippen LogP contribution >= 0.6 is 11.3 Å². The Labute approximate surface area is 133 Å². The zero-order valence-electron chi connectivity index (χ0n) is 12.7. The first-order valence-electron chi connectivity index (χ1n) is 7.26. The number of benzene rings is 1. The van der Waals surface area contributed by atoms with Crippen molar-refractivity contribution in [3.63, 3.8) is 0 Å². The van der Waals surface area contributed by atoms with Gasteiger partial charge >= 0.3 is 5.97 Å². The molecule has 0 aliphatic heterocycles. The fourth-order valence-corrected chi connectivity index (χ4v) is 3.06. The van der Waals surface area contributed by atoms with Gasteiger partial charge in [0.05, 0.1) is 11.5 Å². The maximum Gasteiger partial charge on any atom is 0.347 e. The number of carbonyl (C=O) groups is 1. The summed E-state index contributed by atoms with van der Waals surface area (Å²) in [7, 11) is 0. The topological polar surface area (TPSA) is 85.4 Å². The van der Waals surface area contributed by atoms with Crippen LogP contribution in [0.15, 0.2) is 24.3 Å². The van der Waals surface area contributed by atoms with Gasteiger partial charge in [0.25, 0.3) is 0 Å². The molecule has 6 heteroatoms. The monoisotopic (exact) mass is 320 g/mol. The summed E-state index contributed by atoms with van der Waals surface area (Å²) >= 11 is 1.43. The second kappa shape index (κ2) is 7.26. The summed E-state index contributed by atoms with van der Waals surface area (Å²) in [6, 6.07) is 7.47. The molecule has 5 nitrogen and oxygen atoms in total. The maximum atomic E-state index is 11.9. The van der Waals surface area contributed by atoms with Crippen LogP contribution in [0.3, 0.4) is 0 Å². The number of nitrogen functional groups attached to an aromatic ring is 1. The Balaban J connectivity index is 2.21. The van der Waals surface area contributed by atoms with Crippen LogP contribution in [0.4, 0.5) is 0 Å². The van der Waals surface area contributed by atoms with E-state index >= 15 is 0 Å². The van der Waals surface area contributed by atoms with Crippen molar-refractivity contribution in [2.24, 2.45) is 5.73 Å². The van der Waals surface area contributed by atoms with Gasteiger partial charge in [-0.2, -0.15) is 0 Å². The summed E-state index contributed by atoms with van der Waals surface area (Å²) in [6.07, 6.45) is 0.855. The highest BCUT2D eigenvalue weighted by atomic mass is 32.1. The number of hydrogen-bond donors (Lipinski definition) is 2. The average molecular weight is 320 g/mol. The number of amidine groups is 1. The van der Waals surface area contributed by atoms with E-state index in [1.807, 2.05) is 31.2 Å². The van der Waals surface area contributed by atoms with Gasteiger partial charge in [-0.05, 0) is 43.0 Å². The molecule has 0 aliphatic carbocycles. The number of carbonyl (C=O) groups excluding carboxylic acids is 1. The first kappa shape index (κ1) is 16.3. The van der Waals surface area contributed by atoms with Crippen LogP contribution in [0.5, 0.6) is 5.75 Å². The van der Waals surface area contributed by atoms with Gasteiger partial charge in [-0.25, -0.2) is 4.79 Å². The van der Waals surface area contributed by atoms with E-state index in [9.17, 15) is 4.79 Å². The third-order valence-corrected chi connectivity index (χ3v) is 4.27. The molecule has 22 heavy (non-hydrogen) atoms. The van der Waals surface area contributed by atoms with Gasteiger partial charge in [-0.15, -0.1) is 11.3 Å². The largest absolute Gasteiger partial charge is 0.479 e. The molecule has 0 spiro atoms. The van der Waals surface area contributed by atoms with Gasteiger partial charge in [0, 0.05) is 4.70 Å². The Morgan fingerprint density at radius 2 is 2.14 bits per heavy atom. The smallest absolute Gasteiger partial charge is 0.347 e. The normalized spacial score (nSPS) is 12.1. The van der Waals surface area contributed by atoms with E-state index in [1.165, 1.54) is 11.3 Å². The lowest BCUT2D eigenvalue weighted by atomic mass is 10.2. The molecule has 1 aromatic carbocycles. The summed E-state index contributed by atoms with van der Waals surface area (Å²) in [5.74, 6) is 0.343. The number of nitrogens with one attached hydrogen (secondary N) is 1. The molecule has 0 saturated heterocycles. The lowest BCUT2D eigenvalue weighted by Crippen LogP contribution is -2.29. The van der Waals surface area contributed by atoms with Gasteiger partial charge in [-0.1, -0.05) is 13.3 Å². The van der Waals surface area contributed by atoms with Crippen molar-refractivity contribution in [3.05, 3.63) is 29.1 Å². The SMILES string of the molecule is CCCC(Oc1ccc2cc(C(=N)N)sc2c1)C(=O)OCC. The van der Waals surface area contributed by atoms with Crippen molar-refractivity contribution in [1.82, 2.24) is 0 Å². The molecular formula is C16H20N2O3S. The van der Waals surface area contributed by atoms with Gasteiger partial charge in [0.2, 0.25) is 0 Å². The van der Waals surface area contributed by atoms with Crippen molar-refractivity contribution in [1.29, 1.82) is 5.41 Å². The van der Waals surface area contributed by atoms with E-state index in [0.29, 0.717) is 18.8 Å². The van der Waals surface area contributed by atoms with Gasteiger partial charge in [0.1, 0.15) is 11.6 Å². The quantitative estimate of drug-likeness (QED) is 0.465. The molecule has 0 fully saturated rings. The highest BCUT2D eigenvalue weighted by Crippen LogP contribution is 2.29. The van der Waals surface area contributed by atoms with Gasteiger partial charge in [-0.3, -0.25) is 5.41 Å². The first-order valence-corrected chi connectivity index (χ1v) is 8.08. The second-order valence-corrected chi connectivity index (χ2v) is 5.95. The summed E-state index contributed by atoms with van der Waals surface area (Å²) in [6.45, 7) is 4.12. The molecule has 0 radical (unpaired) electrons. The Kier molecular flexibility index (Phi) is 5.38. The molecule has 1 heterocycles. The molecule has 0 aliphatic rings. The molecule has 0 saturated carbocycles. The van der Waals surface area contributed by atoms with Crippen molar-refractivity contribution >= 4 is 33.2 Å². The predicted octanol–water partition coefficient (Wildman–Crippen LogP) is 3.30. The molecule has 118 valence electrons. The predicted molar refractivity (Wildman–Crippen MR) is 88.8 cm³/mol. The summed E-state index contributed by atoms with van der Waals surface area (Å²) < 4.78 is 11.8. The molecule has 1 unspecified atom stereocenters. The van der Waals surface area contributed by atoms with Crippen LogP contribution in [0.1, 0.15) is 31.6 Å². The zero-order chi connectivity index (χ0) is 16.1. The van der Waals surface area contributed by atoms with Crippen LogP contribution in [0, 0.1) is 5.41 Å². The number of rotatable bonds is 7. The van der Waals surface area contributed by atoms with Crippen LogP contribution in [0.2, 0.25) is 0 Å². The molecule has 1 aromatic heterocycles. The van der Waals surface area contributed by atoms with Crippen LogP contribution < -0.4 is 10.5 Å². The van der Waals surface area contributed by atoms with Crippen molar-refractivity contribution < 1.29 is 14.3 Å². The van der Waals surface area contributed by atoms with E-state index in [-0.39, 0.29) is 11.8 Å². The number of ether oxygens (including phenoxy) is 2. The van der Waals surface area contributed by atoms with Crippen LogP contribution in [-0.4, -0.2) is 24.5 Å². The zero-order valence-corrected chi connectivity index (χ0v) is 13.5. The Morgan fingerprint density at radius 3 is 2.77 bits per heavy atom. The third-order valence-electron chi connectivity index (χ3n) is 3.14. The minimum atomic E-state index is -0.588. The number of fused-ring (bicyclic) bond motifs is 1.